The largest absolute Gasteiger partial charge is 0.374 e. The van der Waals surface area contributed by atoms with Gasteiger partial charge in [0, 0.05) is 30.6 Å². The zero-order valence-electron chi connectivity index (χ0n) is 13.8. The van der Waals surface area contributed by atoms with Crippen molar-refractivity contribution in [1.29, 1.82) is 0 Å². The molecule has 3 unspecified atom stereocenters. The van der Waals surface area contributed by atoms with Crippen LogP contribution in [0, 0.1) is 5.92 Å². The topological polar surface area (TPSA) is 34.1 Å². The van der Waals surface area contributed by atoms with Crippen molar-refractivity contribution in [2.45, 2.75) is 57.2 Å². The van der Waals surface area contributed by atoms with Gasteiger partial charge >= 0.3 is 0 Å². The molecule has 1 aromatic rings. The second-order valence-electron chi connectivity index (χ2n) is 7.13. The molecule has 2 saturated heterocycles. The van der Waals surface area contributed by atoms with E-state index in [4.69, 9.17) is 4.74 Å². The summed E-state index contributed by atoms with van der Waals surface area (Å²) in [5.74, 6) is 3.08. The van der Waals surface area contributed by atoms with E-state index in [9.17, 15) is 0 Å². The van der Waals surface area contributed by atoms with Crippen LogP contribution >= 0.6 is 11.8 Å². The molecule has 1 spiro atoms. The van der Waals surface area contributed by atoms with Gasteiger partial charge in [0.05, 0.1) is 11.3 Å². The van der Waals surface area contributed by atoms with Gasteiger partial charge in [-0.1, -0.05) is 19.9 Å². The van der Waals surface area contributed by atoms with E-state index >= 15 is 0 Å². The molecule has 0 amide bonds. The molecule has 2 aliphatic heterocycles. The highest BCUT2D eigenvalue weighted by atomic mass is 32.2. The third kappa shape index (κ3) is 4.03. The number of nitrogens with zero attached hydrogens (tertiary/aromatic N) is 1. The summed E-state index contributed by atoms with van der Waals surface area (Å²) in [5.41, 5.74) is 1.32. The highest BCUT2D eigenvalue weighted by Gasteiger charge is 2.40. The van der Waals surface area contributed by atoms with Gasteiger partial charge in [-0.15, -0.1) is 0 Å². The molecule has 0 bridgehead atoms. The summed E-state index contributed by atoms with van der Waals surface area (Å²) in [6, 6.07) is 7.15. The monoisotopic (exact) mass is 320 g/mol. The molecule has 0 aromatic carbocycles. The fourth-order valence-electron chi connectivity index (χ4n) is 3.65. The summed E-state index contributed by atoms with van der Waals surface area (Å²) < 4.78 is 6.15. The number of aromatic nitrogens is 1. The van der Waals surface area contributed by atoms with Crippen LogP contribution in [-0.4, -0.2) is 34.7 Å². The Morgan fingerprint density at radius 2 is 2.36 bits per heavy atom. The molecular weight excluding hydrogens is 292 g/mol. The van der Waals surface area contributed by atoms with E-state index in [0.29, 0.717) is 18.0 Å². The predicted octanol–water partition coefficient (Wildman–Crippen LogP) is 3.81. The van der Waals surface area contributed by atoms with Gasteiger partial charge in [0.1, 0.15) is 0 Å². The molecule has 1 aromatic heterocycles. The molecule has 3 atom stereocenters. The van der Waals surface area contributed by atoms with Crippen molar-refractivity contribution in [3.8, 4) is 0 Å². The van der Waals surface area contributed by atoms with Gasteiger partial charge in [0.15, 0.2) is 0 Å². The third-order valence-corrected chi connectivity index (χ3v) is 5.97. The molecule has 3 rings (SSSR count). The lowest BCUT2D eigenvalue weighted by Crippen LogP contribution is -2.48. The fourth-order valence-corrected chi connectivity index (χ4v) is 5.02. The van der Waals surface area contributed by atoms with E-state index in [0.717, 1.165) is 25.9 Å². The fraction of sp³-hybridized carbons (Fsp3) is 0.722. The van der Waals surface area contributed by atoms with E-state index in [1.54, 1.807) is 0 Å². The lowest BCUT2D eigenvalue weighted by molar-refractivity contribution is -0.0717. The van der Waals surface area contributed by atoms with E-state index in [2.05, 4.69) is 36.3 Å². The van der Waals surface area contributed by atoms with E-state index in [1.807, 2.05) is 24.0 Å². The molecule has 0 radical (unpaired) electrons. The first-order chi connectivity index (χ1) is 10.7. The van der Waals surface area contributed by atoms with Crippen LogP contribution in [-0.2, 0) is 4.74 Å². The van der Waals surface area contributed by atoms with Crippen LogP contribution in [0.1, 0.15) is 51.3 Å². The van der Waals surface area contributed by atoms with Crippen molar-refractivity contribution in [2.24, 2.45) is 5.92 Å². The van der Waals surface area contributed by atoms with Gasteiger partial charge in [0.25, 0.3) is 0 Å². The van der Waals surface area contributed by atoms with Gasteiger partial charge in [-0.3, -0.25) is 4.98 Å². The maximum Gasteiger partial charge on any atom is 0.0795 e. The van der Waals surface area contributed by atoms with Crippen LogP contribution in [0.5, 0.6) is 0 Å². The van der Waals surface area contributed by atoms with Gasteiger partial charge < -0.3 is 10.1 Å². The number of hydrogen-bond donors (Lipinski definition) is 1. The van der Waals surface area contributed by atoms with Crippen molar-refractivity contribution in [3.63, 3.8) is 0 Å². The second kappa shape index (κ2) is 7.33. The maximum atomic E-state index is 6.15. The summed E-state index contributed by atoms with van der Waals surface area (Å²) in [7, 11) is 0. The van der Waals surface area contributed by atoms with Gasteiger partial charge in [-0.05, 0) is 49.5 Å². The predicted molar refractivity (Wildman–Crippen MR) is 93.2 cm³/mol. The normalized spacial score (nSPS) is 30.0. The molecule has 0 saturated carbocycles. The Balaban J connectivity index is 1.67. The first-order valence-electron chi connectivity index (χ1n) is 8.56. The Labute approximate surface area is 138 Å². The zero-order valence-corrected chi connectivity index (χ0v) is 14.6. The molecule has 0 aliphatic carbocycles. The number of thioether (sulfide) groups is 1. The van der Waals surface area contributed by atoms with Crippen LogP contribution < -0.4 is 5.32 Å². The smallest absolute Gasteiger partial charge is 0.0795 e. The number of nitrogens with one attached hydrogen (secondary N) is 1. The Kier molecular flexibility index (Phi) is 5.42. The van der Waals surface area contributed by atoms with Crippen molar-refractivity contribution >= 4 is 11.8 Å². The quantitative estimate of drug-likeness (QED) is 0.894. The summed E-state index contributed by atoms with van der Waals surface area (Å²) in [5, 5.41) is 3.90. The Hall–Kier alpha value is -0.580. The average molecular weight is 321 g/mol. The average Bonchev–Trinajstić information content (AvgIpc) is 2.95. The van der Waals surface area contributed by atoms with Gasteiger partial charge in [0.2, 0.25) is 0 Å². The van der Waals surface area contributed by atoms with E-state index in [1.165, 1.54) is 23.6 Å². The van der Waals surface area contributed by atoms with Crippen molar-refractivity contribution < 1.29 is 4.74 Å². The molecule has 3 heterocycles. The summed E-state index contributed by atoms with van der Waals surface area (Å²) >= 11 is 2.04. The minimum absolute atomic E-state index is 0.146. The number of pyridine rings is 1. The van der Waals surface area contributed by atoms with Crippen molar-refractivity contribution in [1.82, 2.24) is 10.3 Å². The lowest BCUT2D eigenvalue weighted by atomic mass is 9.88. The van der Waals surface area contributed by atoms with Crippen LogP contribution in [0.2, 0.25) is 0 Å². The summed E-state index contributed by atoms with van der Waals surface area (Å²) in [6.07, 6.45) is 6.53. The van der Waals surface area contributed by atoms with Crippen molar-refractivity contribution in [3.05, 3.63) is 30.1 Å². The van der Waals surface area contributed by atoms with Gasteiger partial charge in [-0.25, -0.2) is 0 Å². The Morgan fingerprint density at radius 3 is 3.05 bits per heavy atom. The zero-order chi connectivity index (χ0) is 15.4. The first kappa shape index (κ1) is 16.3. The van der Waals surface area contributed by atoms with Crippen molar-refractivity contribution in [2.75, 3.05) is 18.1 Å². The highest BCUT2D eigenvalue weighted by molar-refractivity contribution is 7.99. The summed E-state index contributed by atoms with van der Waals surface area (Å²) in [4.78, 5) is 4.59. The minimum Gasteiger partial charge on any atom is -0.374 e. The molecule has 122 valence electrons. The van der Waals surface area contributed by atoms with Crippen LogP contribution in [0.3, 0.4) is 0 Å². The third-order valence-electron chi connectivity index (χ3n) is 4.75. The van der Waals surface area contributed by atoms with Gasteiger partial charge in [-0.2, -0.15) is 11.8 Å². The number of rotatable bonds is 5. The Morgan fingerprint density at radius 1 is 1.45 bits per heavy atom. The van der Waals surface area contributed by atoms with E-state index < -0.39 is 0 Å². The molecule has 22 heavy (non-hydrogen) atoms. The van der Waals surface area contributed by atoms with Crippen LogP contribution in [0.15, 0.2) is 24.4 Å². The standard InChI is InChI=1S/C18H28N2OS/c1-14(2)11-17(16-5-3-4-8-19-16)20-15-6-9-21-18(12-15)7-10-22-13-18/h3-5,8,14-15,17,20H,6-7,9-13H2,1-2H3. The van der Waals surface area contributed by atoms with Crippen LogP contribution in [0.4, 0.5) is 0 Å². The molecule has 2 fully saturated rings. The minimum atomic E-state index is 0.146. The molecule has 3 nitrogen and oxygen atoms in total. The highest BCUT2D eigenvalue weighted by Crippen LogP contribution is 2.39. The van der Waals surface area contributed by atoms with E-state index in [-0.39, 0.29) is 5.60 Å². The Bertz CT molecular complexity index is 459. The maximum absolute atomic E-state index is 6.15. The molecular formula is C18H28N2OS. The first-order valence-corrected chi connectivity index (χ1v) is 9.71. The summed E-state index contributed by atoms with van der Waals surface area (Å²) in [6.45, 7) is 5.47. The lowest BCUT2D eigenvalue weighted by Gasteiger charge is -2.39. The number of hydrogen-bond acceptors (Lipinski definition) is 4. The number of ether oxygens (including phenoxy) is 1. The molecule has 4 heteroatoms. The molecule has 1 N–H and O–H groups in total. The second-order valence-corrected chi connectivity index (χ2v) is 8.23. The SMILES string of the molecule is CC(C)CC(NC1CCOC2(CCSC2)C1)c1ccccn1. The van der Waals surface area contributed by atoms with Crippen LogP contribution in [0.25, 0.3) is 0 Å². The molecule has 2 aliphatic rings.